The van der Waals surface area contributed by atoms with Crippen LogP contribution in [0.5, 0.6) is 0 Å². The van der Waals surface area contributed by atoms with Crippen LogP contribution in [-0.2, 0) is 11.3 Å². The molecule has 3 rings (SSSR count). The van der Waals surface area contributed by atoms with E-state index in [2.05, 4.69) is 15.4 Å². The summed E-state index contributed by atoms with van der Waals surface area (Å²) in [5.41, 5.74) is 0.898. The third-order valence-electron chi connectivity index (χ3n) is 4.76. The zero-order valence-electron chi connectivity index (χ0n) is 16.5. The van der Waals surface area contributed by atoms with Crippen molar-refractivity contribution in [1.29, 1.82) is 0 Å². The molecule has 2 heterocycles. The minimum absolute atomic E-state index is 0.173. The molecule has 1 aliphatic rings. The normalized spacial score (nSPS) is 18.6. The third-order valence-corrected chi connectivity index (χ3v) is 5.08. The summed E-state index contributed by atoms with van der Waals surface area (Å²) in [7, 11) is 0. The summed E-state index contributed by atoms with van der Waals surface area (Å²) < 4.78 is 1.61. The summed E-state index contributed by atoms with van der Waals surface area (Å²) in [6.45, 7) is 5.74. The van der Waals surface area contributed by atoms with Crippen LogP contribution in [0.25, 0.3) is 5.69 Å². The van der Waals surface area contributed by atoms with E-state index < -0.39 is 17.6 Å². The maximum atomic E-state index is 12.6. The van der Waals surface area contributed by atoms with Gasteiger partial charge in [-0.25, -0.2) is 9.48 Å². The molecule has 0 spiro atoms. The van der Waals surface area contributed by atoms with Crippen molar-refractivity contribution in [1.82, 2.24) is 25.0 Å². The summed E-state index contributed by atoms with van der Waals surface area (Å²) in [6, 6.07) is 3.32. The lowest BCUT2D eigenvalue weighted by Crippen LogP contribution is -2.50. The highest BCUT2D eigenvalue weighted by molar-refractivity contribution is 6.30. The number of carbonyl (C=O) groups excluding carboxylic acids is 1. The molecular weight excluding hydrogens is 394 g/mol. The predicted molar refractivity (Wildman–Crippen MR) is 109 cm³/mol. The second-order valence-corrected chi connectivity index (χ2v) is 8.29. The molecule has 29 heavy (non-hydrogen) atoms. The maximum Gasteiger partial charge on any atom is 0.408 e. The van der Waals surface area contributed by atoms with E-state index in [1.54, 1.807) is 41.5 Å². The number of amides is 2. The van der Waals surface area contributed by atoms with Gasteiger partial charge in [0.1, 0.15) is 0 Å². The first-order valence-corrected chi connectivity index (χ1v) is 9.67. The van der Waals surface area contributed by atoms with Gasteiger partial charge in [0.2, 0.25) is 5.91 Å². The van der Waals surface area contributed by atoms with Crippen LogP contribution in [0.1, 0.15) is 32.8 Å². The summed E-state index contributed by atoms with van der Waals surface area (Å²) >= 11 is 6.20. The molecule has 0 aliphatic heterocycles. The highest BCUT2D eigenvalue weighted by atomic mass is 35.5. The van der Waals surface area contributed by atoms with Crippen LogP contribution >= 0.6 is 11.6 Å². The fourth-order valence-electron chi connectivity index (χ4n) is 3.43. The summed E-state index contributed by atoms with van der Waals surface area (Å²) in [6.07, 6.45) is 8.06. The molecule has 0 saturated heterocycles. The molecule has 9 heteroatoms. The number of hydrogen-bond acceptors (Lipinski definition) is 4. The van der Waals surface area contributed by atoms with E-state index in [1.807, 2.05) is 26.8 Å². The van der Waals surface area contributed by atoms with Gasteiger partial charge in [-0.3, -0.25) is 14.7 Å². The SMILES string of the molecule is CC(C)(C)N(C(=O)O)[C@@H]1C=C[C@H](C(=O)NCc2cn(-c3cccnc3)nc2Cl)C1. The van der Waals surface area contributed by atoms with Crippen LogP contribution < -0.4 is 5.32 Å². The second kappa shape index (κ2) is 8.24. The Hall–Kier alpha value is -2.87. The standard InChI is InChI=1S/C20H24ClN5O3/c1-20(2,3)26(19(28)29)15-7-6-13(9-15)18(27)23-10-14-12-25(24-17(14)21)16-5-4-8-22-11-16/h4-8,11-13,15H,9-10H2,1-3H3,(H,23,27)(H,28,29)/t13-,15+/m0/s1. The van der Waals surface area contributed by atoms with Crippen LogP contribution in [-0.4, -0.2) is 48.4 Å². The molecule has 0 fully saturated rings. The van der Waals surface area contributed by atoms with Crippen molar-refractivity contribution in [3.05, 3.63) is 53.6 Å². The maximum absolute atomic E-state index is 12.6. The zero-order valence-corrected chi connectivity index (χ0v) is 17.3. The smallest absolute Gasteiger partial charge is 0.408 e. The van der Waals surface area contributed by atoms with Gasteiger partial charge in [0.25, 0.3) is 0 Å². The Morgan fingerprint density at radius 2 is 2.14 bits per heavy atom. The van der Waals surface area contributed by atoms with Crippen molar-refractivity contribution in [3.8, 4) is 5.69 Å². The predicted octanol–water partition coefficient (Wildman–Crippen LogP) is 3.26. The van der Waals surface area contributed by atoms with E-state index in [-0.39, 0.29) is 18.5 Å². The Bertz CT molecular complexity index is 920. The Morgan fingerprint density at radius 1 is 1.38 bits per heavy atom. The third kappa shape index (κ3) is 4.76. The summed E-state index contributed by atoms with van der Waals surface area (Å²) in [5.74, 6) is -0.565. The Kier molecular flexibility index (Phi) is 5.93. The lowest BCUT2D eigenvalue weighted by molar-refractivity contribution is -0.124. The van der Waals surface area contributed by atoms with E-state index in [0.29, 0.717) is 17.1 Å². The van der Waals surface area contributed by atoms with Crippen LogP contribution in [0.15, 0.2) is 42.9 Å². The molecular formula is C20H24ClN5O3. The van der Waals surface area contributed by atoms with Crippen LogP contribution in [0.4, 0.5) is 4.79 Å². The van der Waals surface area contributed by atoms with Crippen molar-refractivity contribution in [2.24, 2.45) is 5.92 Å². The average molecular weight is 418 g/mol. The summed E-state index contributed by atoms with van der Waals surface area (Å²) in [4.78, 5) is 29.7. The first kappa shape index (κ1) is 20.9. The van der Waals surface area contributed by atoms with Gasteiger partial charge in [0.15, 0.2) is 5.15 Å². The molecule has 2 atom stereocenters. The van der Waals surface area contributed by atoms with Crippen molar-refractivity contribution in [2.75, 3.05) is 0 Å². The molecule has 1 aliphatic carbocycles. The number of aromatic nitrogens is 3. The van der Waals surface area contributed by atoms with Crippen LogP contribution in [0.3, 0.4) is 0 Å². The van der Waals surface area contributed by atoms with Crippen molar-refractivity contribution < 1.29 is 14.7 Å². The molecule has 2 N–H and O–H groups in total. The Balaban J connectivity index is 1.61. The molecule has 0 radical (unpaired) electrons. The van der Waals surface area contributed by atoms with E-state index in [1.165, 1.54) is 4.90 Å². The minimum Gasteiger partial charge on any atom is -0.465 e. The fraction of sp³-hybridized carbons (Fsp3) is 0.400. The highest BCUT2D eigenvalue weighted by Gasteiger charge is 2.36. The van der Waals surface area contributed by atoms with Gasteiger partial charge in [0, 0.05) is 30.0 Å². The monoisotopic (exact) mass is 417 g/mol. The molecule has 2 aromatic heterocycles. The van der Waals surface area contributed by atoms with Crippen LogP contribution in [0.2, 0.25) is 5.15 Å². The van der Waals surface area contributed by atoms with Crippen molar-refractivity contribution in [3.63, 3.8) is 0 Å². The summed E-state index contributed by atoms with van der Waals surface area (Å²) in [5, 5.41) is 16.9. The lowest BCUT2D eigenvalue weighted by Gasteiger charge is -2.37. The quantitative estimate of drug-likeness (QED) is 0.727. The number of pyridine rings is 1. The molecule has 154 valence electrons. The number of hydrogen-bond donors (Lipinski definition) is 2. The molecule has 2 aromatic rings. The van der Waals surface area contributed by atoms with Gasteiger partial charge in [0.05, 0.1) is 23.8 Å². The highest BCUT2D eigenvalue weighted by Crippen LogP contribution is 2.28. The topological polar surface area (TPSA) is 100 Å². The van der Waals surface area contributed by atoms with Crippen molar-refractivity contribution >= 4 is 23.6 Å². The first-order valence-electron chi connectivity index (χ1n) is 9.29. The molecule has 0 aromatic carbocycles. The fourth-order valence-corrected chi connectivity index (χ4v) is 3.63. The Morgan fingerprint density at radius 3 is 2.76 bits per heavy atom. The second-order valence-electron chi connectivity index (χ2n) is 7.94. The zero-order chi connectivity index (χ0) is 21.2. The molecule has 8 nitrogen and oxygen atoms in total. The van der Waals surface area contributed by atoms with E-state index in [9.17, 15) is 14.7 Å². The number of nitrogens with one attached hydrogen (secondary N) is 1. The average Bonchev–Trinajstić information content (AvgIpc) is 3.26. The van der Waals surface area contributed by atoms with E-state index in [0.717, 1.165) is 5.69 Å². The minimum atomic E-state index is -0.997. The number of carbonyl (C=O) groups is 2. The molecule has 0 bridgehead atoms. The molecule has 0 saturated carbocycles. The van der Waals surface area contributed by atoms with Gasteiger partial charge in [-0.2, -0.15) is 5.10 Å². The van der Waals surface area contributed by atoms with E-state index in [4.69, 9.17) is 11.6 Å². The number of carboxylic acid groups (broad SMARTS) is 1. The lowest BCUT2D eigenvalue weighted by atomic mass is 10.0. The molecule has 2 amide bonds. The van der Waals surface area contributed by atoms with Gasteiger partial charge in [-0.1, -0.05) is 23.8 Å². The van der Waals surface area contributed by atoms with Crippen LogP contribution in [0, 0.1) is 5.92 Å². The van der Waals surface area contributed by atoms with Gasteiger partial charge in [-0.15, -0.1) is 0 Å². The van der Waals surface area contributed by atoms with Gasteiger partial charge >= 0.3 is 6.09 Å². The van der Waals surface area contributed by atoms with Gasteiger partial charge in [-0.05, 0) is 39.3 Å². The number of rotatable bonds is 5. The van der Waals surface area contributed by atoms with Gasteiger partial charge < -0.3 is 10.4 Å². The number of halogens is 1. The van der Waals surface area contributed by atoms with E-state index >= 15 is 0 Å². The Labute approximate surface area is 174 Å². The largest absolute Gasteiger partial charge is 0.465 e. The first-order chi connectivity index (χ1) is 13.7. The number of nitrogens with zero attached hydrogens (tertiary/aromatic N) is 4. The van der Waals surface area contributed by atoms with Crippen molar-refractivity contribution in [2.45, 2.75) is 45.3 Å². The molecule has 0 unspecified atom stereocenters.